The van der Waals surface area contributed by atoms with Crippen LogP contribution in [0.5, 0.6) is 11.5 Å². The average Bonchev–Trinajstić information content (AvgIpc) is 3.37. The number of carbonyl (C=O) groups is 1. The van der Waals surface area contributed by atoms with Crippen molar-refractivity contribution in [2.75, 3.05) is 26.1 Å². The van der Waals surface area contributed by atoms with Crippen molar-refractivity contribution < 1.29 is 14.3 Å². The lowest BCUT2D eigenvalue weighted by atomic mass is 10.2. The van der Waals surface area contributed by atoms with Crippen molar-refractivity contribution >= 4 is 28.0 Å². The van der Waals surface area contributed by atoms with E-state index >= 15 is 0 Å². The summed E-state index contributed by atoms with van der Waals surface area (Å²) in [6.45, 7) is 1.13. The zero-order chi connectivity index (χ0) is 21.4. The Labute approximate surface area is 183 Å². The number of urea groups is 1. The molecule has 1 aliphatic heterocycles. The van der Waals surface area contributed by atoms with Crippen molar-refractivity contribution in [3.63, 3.8) is 0 Å². The van der Waals surface area contributed by atoms with E-state index in [1.807, 2.05) is 34.8 Å². The normalized spacial score (nSPS) is 13.2. The molecule has 8 nitrogen and oxygen atoms in total. The Bertz CT molecular complexity index is 1230. The lowest BCUT2D eigenvalue weighted by Crippen LogP contribution is -2.38. The van der Waals surface area contributed by atoms with Gasteiger partial charge >= 0.3 is 6.03 Å². The molecular formula is C22H21N5O3S. The molecule has 3 heterocycles. The summed E-state index contributed by atoms with van der Waals surface area (Å²) in [5, 5.41) is 7.64. The first-order valence-corrected chi connectivity index (χ1v) is 10.7. The molecule has 0 spiro atoms. The number of benzene rings is 2. The van der Waals surface area contributed by atoms with Gasteiger partial charge in [-0.25, -0.2) is 9.31 Å². The van der Waals surface area contributed by atoms with Crippen molar-refractivity contribution in [1.29, 1.82) is 0 Å². The Morgan fingerprint density at radius 3 is 2.55 bits per heavy atom. The van der Waals surface area contributed by atoms with Crippen LogP contribution in [0.4, 0.5) is 10.5 Å². The number of nitrogens with zero attached hydrogens (tertiary/aromatic N) is 4. The molecule has 31 heavy (non-hydrogen) atoms. The maximum Gasteiger partial charge on any atom is 0.322 e. The number of aromatic nitrogens is 3. The number of amides is 2. The molecule has 0 aliphatic carbocycles. The van der Waals surface area contributed by atoms with Gasteiger partial charge in [0.1, 0.15) is 11.5 Å². The van der Waals surface area contributed by atoms with Gasteiger partial charge in [-0.05, 0) is 0 Å². The fourth-order valence-electron chi connectivity index (χ4n) is 3.65. The zero-order valence-corrected chi connectivity index (χ0v) is 18.0. The number of hydrogen-bond acceptors (Lipinski definition) is 6. The summed E-state index contributed by atoms with van der Waals surface area (Å²) in [7, 11) is 3.16. The van der Waals surface area contributed by atoms with Crippen LogP contribution >= 0.6 is 11.3 Å². The Morgan fingerprint density at radius 2 is 1.84 bits per heavy atom. The van der Waals surface area contributed by atoms with E-state index in [2.05, 4.69) is 10.3 Å². The van der Waals surface area contributed by atoms with Crippen molar-refractivity contribution in [2.24, 2.45) is 0 Å². The molecule has 0 saturated heterocycles. The Morgan fingerprint density at radius 1 is 1.10 bits per heavy atom. The second kappa shape index (κ2) is 7.92. The van der Waals surface area contributed by atoms with Crippen molar-refractivity contribution in [1.82, 2.24) is 19.5 Å². The zero-order valence-electron chi connectivity index (χ0n) is 17.2. The van der Waals surface area contributed by atoms with E-state index in [-0.39, 0.29) is 6.03 Å². The van der Waals surface area contributed by atoms with E-state index < -0.39 is 0 Å². The van der Waals surface area contributed by atoms with Gasteiger partial charge in [0.2, 0.25) is 4.96 Å². The third-order valence-corrected chi connectivity index (χ3v) is 6.30. The smallest absolute Gasteiger partial charge is 0.322 e. The van der Waals surface area contributed by atoms with E-state index in [0.29, 0.717) is 30.3 Å². The van der Waals surface area contributed by atoms with Gasteiger partial charge in [0.15, 0.2) is 5.82 Å². The first-order valence-electron chi connectivity index (χ1n) is 9.86. The third kappa shape index (κ3) is 3.68. The second-order valence-corrected chi connectivity index (χ2v) is 8.23. The van der Waals surface area contributed by atoms with Crippen LogP contribution in [0.3, 0.4) is 0 Å². The van der Waals surface area contributed by atoms with Crippen LogP contribution in [-0.2, 0) is 13.0 Å². The summed E-state index contributed by atoms with van der Waals surface area (Å²) in [6, 6.07) is 15.1. The Hall–Kier alpha value is -3.59. The highest BCUT2D eigenvalue weighted by molar-refractivity contribution is 7.17. The van der Waals surface area contributed by atoms with Crippen molar-refractivity contribution in [2.45, 2.75) is 13.0 Å². The minimum Gasteiger partial charge on any atom is -0.497 e. The molecule has 0 fully saturated rings. The molecular weight excluding hydrogens is 414 g/mol. The molecule has 2 amide bonds. The molecule has 0 atom stereocenters. The van der Waals surface area contributed by atoms with E-state index in [1.54, 1.807) is 48.7 Å². The number of carbonyl (C=O) groups excluding carboxylic acids is 1. The summed E-state index contributed by atoms with van der Waals surface area (Å²) in [4.78, 5) is 21.3. The van der Waals surface area contributed by atoms with Crippen molar-refractivity contribution in [3.05, 3.63) is 59.1 Å². The molecule has 4 aromatic rings. The molecule has 0 bridgehead atoms. The van der Waals surface area contributed by atoms with Gasteiger partial charge in [-0.1, -0.05) is 41.7 Å². The standard InChI is InChI=1S/C22H21N5O3S/c1-29-16-10-15(11-17(12-16)30-2)23-21(28)26-9-8-18-19(13-26)31-22-24-20(25-27(18)22)14-6-4-3-5-7-14/h3-7,10-12H,8-9,13H2,1-2H3,(H,23,28). The topological polar surface area (TPSA) is 81.0 Å². The van der Waals surface area contributed by atoms with Crippen LogP contribution in [0, 0.1) is 0 Å². The van der Waals surface area contributed by atoms with Gasteiger partial charge in [-0.3, -0.25) is 0 Å². The van der Waals surface area contributed by atoms with Crippen LogP contribution < -0.4 is 14.8 Å². The van der Waals surface area contributed by atoms with Crippen LogP contribution in [-0.4, -0.2) is 46.3 Å². The predicted octanol–water partition coefficient (Wildman–Crippen LogP) is 4.07. The summed E-state index contributed by atoms with van der Waals surface area (Å²) in [6.07, 6.45) is 0.724. The molecule has 0 radical (unpaired) electrons. The number of methoxy groups -OCH3 is 2. The first-order chi connectivity index (χ1) is 15.1. The van der Waals surface area contributed by atoms with Crippen LogP contribution in [0.2, 0.25) is 0 Å². The molecule has 2 aromatic heterocycles. The average molecular weight is 436 g/mol. The van der Waals surface area contributed by atoms with Gasteiger partial charge in [-0.15, -0.1) is 5.10 Å². The molecule has 2 aromatic carbocycles. The molecule has 0 saturated carbocycles. The Kier molecular flexibility index (Phi) is 4.95. The monoisotopic (exact) mass is 435 g/mol. The van der Waals surface area contributed by atoms with Gasteiger partial charge in [0, 0.05) is 47.3 Å². The van der Waals surface area contributed by atoms with Gasteiger partial charge in [0.05, 0.1) is 26.5 Å². The highest BCUT2D eigenvalue weighted by atomic mass is 32.1. The molecule has 1 N–H and O–H groups in total. The number of hydrogen-bond donors (Lipinski definition) is 1. The van der Waals surface area contributed by atoms with E-state index in [1.165, 1.54) is 0 Å². The summed E-state index contributed by atoms with van der Waals surface area (Å²) < 4.78 is 12.5. The van der Waals surface area contributed by atoms with Gasteiger partial charge < -0.3 is 19.7 Å². The van der Waals surface area contributed by atoms with Crippen LogP contribution in [0.15, 0.2) is 48.5 Å². The van der Waals surface area contributed by atoms with Crippen LogP contribution in [0.1, 0.15) is 10.6 Å². The predicted molar refractivity (Wildman–Crippen MR) is 119 cm³/mol. The number of nitrogens with one attached hydrogen (secondary N) is 1. The molecule has 9 heteroatoms. The highest BCUT2D eigenvalue weighted by Gasteiger charge is 2.26. The SMILES string of the molecule is COc1cc(NC(=O)N2CCc3c(sc4nc(-c5ccccc5)nn34)C2)cc(OC)c1. The van der Waals surface area contributed by atoms with E-state index in [9.17, 15) is 4.79 Å². The first kappa shape index (κ1) is 19.4. The fraction of sp³-hybridized carbons (Fsp3) is 0.227. The quantitative estimate of drug-likeness (QED) is 0.523. The van der Waals surface area contributed by atoms with Crippen LogP contribution in [0.25, 0.3) is 16.3 Å². The number of thiazole rings is 1. The molecule has 1 aliphatic rings. The summed E-state index contributed by atoms with van der Waals surface area (Å²) >= 11 is 1.58. The molecule has 0 unspecified atom stereocenters. The van der Waals surface area contributed by atoms with Gasteiger partial charge in [-0.2, -0.15) is 4.98 Å². The minimum absolute atomic E-state index is 0.162. The number of fused-ring (bicyclic) bond motifs is 3. The largest absolute Gasteiger partial charge is 0.497 e. The maximum atomic E-state index is 12.9. The number of rotatable bonds is 4. The second-order valence-electron chi connectivity index (χ2n) is 7.17. The number of ether oxygens (including phenoxy) is 2. The minimum atomic E-state index is -0.162. The Balaban J connectivity index is 1.34. The molecule has 5 rings (SSSR count). The summed E-state index contributed by atoms with van der Waals surface area (Å²) in [5.74, 6) is 1.97. The number of anilines is 1. The highest BCUT2D eigenvalue weighted by Crippen LogP contribution is 2.30. The van der Waals surface area contributed by atoms with E-state index in [0.717, 1.165) is 33.3 Å². The fourth-order valence-corrected chi connectivity index (χ4v) is 4.77. The van der Waals surface area contributed by atoms with E-state index in [4.69, 9.17) is 14.6 Å². The lowest BCUT2D eigenvalue weighted by Gasteiger charge is -2.26. The third-order valence-electron chi connectivity index (χ3n) is 5.24. The van der Waals surface area contributed by atoms with Gasteiger partial charge in [0.25, 0.3) is 0 Å². The summed E-state index contributed by atoms with van der Waals surface area (Å²) in [5.41, 5.74) is 2.75. The maximum absolute atomic E-state index is 12.9. The van der Waals surface area contributed by atoms with Crippen molar-refractivity contribution in [3.8, 4) is 22.9 Å². The molecule has 158 valence electrons. The lowest BCUT2D eigenvalue weighted by molar-refractivity contribution is 0.206.